The summed E-state index contributed by atoms with van der Waals surface area (Å²) in [6.07, 6.45) is 0.533. The number of carbonyl (C=O) groups excluding carboxylic acids is 1. The number of ketones is 1. The maximum atomic E-state index is 12.8. The molecule has 3 aliphatic carbocycles. The van der Waals surface area contributed by atoms with Crippen LogP contribution in [0.5, 0.6) is 11.5 Å². The van der Waals surface area contributed by atoms with E-state index in [0.29, 0.717) is 36.6 Å². The van der Waals surface area contributed by atoms with E-state index < -0.39 is 28.9 Å². The Morgan fingerprint density at radius 3 is 2.71 bits per heavy atom. The molecule has 0 aromatic heterocycles. The van der Waals surface area contributed by atoms with Crippen molar-refractivity contribution >= 4 is 5.78 Å². The van der Waals surface area contributed by atoms with E-state index in [-0.39, 0.29) is 34.6 Å². The molecule has 5 aliphatic rings. The number of hydrogen-bond acceptors (Lipinski definition) is 6. The summed E-state index contributed by atoms with van der Waals surface area (Å²) in [6, 6.07) is 3.03. The average molecular weight is 388 g/mol. The largest absolute Gasteiger partial charge is 0.504 e. The fourth-order valence-corrected chi connectivity index (χ4v) is 7.02. The van der Waals surface area contributed by atoms with Crippen LogP contribution in [0.25, 0.3) is 0 Å². The topological polar surface area (TPSA) is 107 Å². The molecule has 0 radical (unpaired) electrons. The highest BCUT2D eigenvalue weighted by Gasteiger charge is 2.85. The molecule has 1 aromatic rings. The van der Waals surface area contributed by atoms with Crippen molar-refractivity contribution in [1.82, 2.24) is 0 Å². The van der Waals surface area contributed by atoms with Crippen LogP contribution >= 0.6 is 0 Å². The molecule has 1 spiro atoms. The van der Waals surface area contributed by atoms with Crippen LogP contribution in [0.15, 0.2) is 12.1 Å². The second-order valence-electron chi connectivity index (χ2n) is 9.80. The summed E-state index contributed by atoms with van der Waals surface area (Å²) in [5.41, 5.74) is -3.73. The molecule has 6 atom stereocenters. The molecule has 2 bridgehead atoms. The molecule has 28 heavy (non-hydrogen) atoms. The van der Waals surface area contributed by atoms with E-state index in [9.17, 15) is 25.2 Å². The van der Waals surface area contributed by atoms with E-state index >= 15 is 0 Å². The Morgan fingerprint density at radius 1 is 1.25 bits per heavy atom. The van der Waals surface area contributed by atoms with Gasteiger partial charge in [0.1, 0.15) is 0 Å². The molecule has 1 unspecified atom stereocenters. The van der Waals surface area contributed by atoms with Crippen LogP contribution in [-0.4, -0.2) is 68.3 Å². The standard InChI is InChI=1S/C21H25NO6/c1-22(10-11-2-3-11)9-8-19-15-12-4-5-13(23)16(15)28-18(19)14(24)6-7-20(19,26)21(22,27)17(12)25/h4-5,11,17-18,25-27H,2-3,6-10H2,1H3/p+1/t17?,18-,19-,20-,21-,22+/m0/s1. The smallest absolute Gasteiger partial charge is 0.262 e. The van der Waals surface area contributed by atoms with Gasteiger partial charge in [-0.05, 0) is 30.9 Å². The maximum Gasteiger partial charge on any atom is 0.262 e. The number of hydrogen-bond donors (Lipinski definition) is 4. The van der Waals surface area contributed by atoms with Crippen molar-refractivity contribution in [3.63, 3.8) is 0 Å². The molecule has 0 amide bonds. The lowest BCUT2D eigenvalue weighted by Gasteiger charge is -2.68. The zero-order valence-electron chi connectivity index (χ0n) is 15.9. The van der Waals surface area contributed by atoms with Crippen LogP contribution < -0.4 is 4.74 Å². The van der Waals surface area contributed by atoms with E-state index in [1.165, 1.54) is 6.07 Å². The number of benzene rings is 1. The maximum absolute atomic E-state index is 12.8. The molecule has 1 aromatic carbocycles. The number of nitrogens with zero attached hydrogens (tertiary/aromatic N) is 1. The van der Waals surface area contributed by atoms with Crippen molar-refractivity contribution in [1.29, 1.82) is 0 Å². The van der Waals surface area contributed by atoms with Crippen molar-refractivity contribution in [2.24, 2.45) is 5.92 Å². The lowest BCUT2D eigenvalue weighted by Crippen LogP contribution is -2.88. The summed E-state index contributed by atoms with van der Waals surface area (Å²) in [4.78, 5) is 12.8. The molecule has 2 aliphatic heterocycles. The number of ether oxygens (including phenoxy) is 1. The van der Waals surface area contributed by atoms with E-state index in [0.717, 1.165) is 12.8 Å². The van der Waals surface area contributed by atoms with E-state index in [1.54, 1.807) is 6.07 Å². The molecular weight excluding hydrogens is 362 g/mol. The van der Waals surface area contributed by atoms with E-state index in [4.69, 9.17) is 4.74 Å². The van der Waals surface area contributed by atoms with E-state index in [2.05, 4.69) is 0 Å². The van der Waals surface area contributed by atoms with Crippen LogP contribution in [-0.2, 0) is 10.2 Å². The molecule has 3 fully saturated rings. The number of Topliss-reactive ketones (excluding diaryl/α,β-unsaturated/α-hetero) is 1. The van der Waals surface area contributed by atoms with Gasteiger partial charge < -0.3 is 25.2 Å². The zero-order valence-corrected chi connectivity index (χ0v) is 15.9. The highest BCUT2D eigenvalue weighted by Crippen LogP contribution is 2.70. The van der Waals surface area contributed by atoms with Crippen LogP contribution in [0.3, 0.4) is 0 Å². The molecule has 2 heterocycles. The zero-order chi connectivity index (χ0) is 19.7. The van der Waals surface area contributed by atoms with Gasteiger partial charge in [0.2, 0.25) is 0 Å². The first kappa shape index (κ1) is 17.2. The second kappa shape index (κ2) is 4.73. The quantitative estimate of drug-likeness (QED) is 0.549. The molecule has 7 heteroatoms. The predicted molar refractivity (Wildman–Crippen MR) is 96.6 cm³/mol. The van der Waals surface area contributed by atoms with Gasteiger partial charge >= 0.3 is 0 Å². The third kappa shape index (κ3) is 1.52. The Balaban J connectivity index is 1.68. The summed E-state index contributed by atoms with van der Waals surface area (Å²) in [6.45, 7) is 1.21. The molecule has 4 N–H and O–H groups in total. The van der Waals surface area contributed by atoms with Gasteiger partial charge in [-0.2, -0.15) is 0 Å². The van der Waals surface area contributed by atoms with Gasteiger partial charge in [-0.3, -0.25) is 9.28 Å². The van der Waals surface area contributed by atoms with Gasteiger partial charge in [0.15, 0.2) is 35.1 Å². The minimum Gasteiger partial charge on any atom is -0.504 e. The van der Waals surface area contributed by atoms with Crippen molar-refractivity contribution in [2.45, 2.75) is 61.1 Å². The molecule has 6 rings (SSSR count). The van der Waals surface area contributed by atoms with Gasteiger partial charge in [0.25, 0.3) is 5.72 Å². The Hall–Kier alpha value is -1.67. The summed E-state index contributed by atoms with van der Waals surface area (Å²) in [5, 5.41) is 46.2. The molecule has 2 saturated carbocycles. The molecule has 1 saturated heterocycles. The summed E-state index contributed by atoms with van der Waals surface area (Å²) in [5.74, 6) is 0.437. The van der Waals surface area contributed by atoms with Crippen LogP contribution in [0.2, 0.25) is 0 Å². The highest BCUT2D eigenvalue weighted by atomic mass is 16.5. The number of piperidine rings is 1. The molecular formula is C21H26NO6+. The summed E-state index contributed by atoms with van der Waals surface area (Å²) >= 11 is 0. The number of rotatable bonds is 2. The minimum absolute atomic E-state index is 0.0749. The number of likely N-dealkylation sites (N-methyl/N-ethyl adjacent to an activating group) is 1. The second-order valence-corrected chi connectivity index (χ2v) is 9.80. The molecule has 150 valence electrons. The first-order chi connectivity index (χ1) is 13.2. The van der Waals surface area contributed by atoms with Crippen molar-refractivity contribution in [2.75, 3.05) is 20.1 Å². The predicted octanol–water partition coefficient (Wildman–Crippen LogP) is 0.481. The van der Waals surface area contributed by atoms with Crippen LogP contribution in [0.4, 0.5) is 0 Å². The number of quaternary nitrogens is 1. The number of aliphatic hydroxyl groups excluding tert-OH is 1. The molecule has 7 nitrogen and oxygen atoms in total. The fraction of sp³-hybridized carbons (Fsp3) is 0.667. The van der Waals surface area contributed by atoms with Gasteiger partial charge in [-0.1, -0.05) is 6.07 Å². The number of aromatic hydroxyl groups is 1. The van der Waals surface area contributed by atoms with Crippen LogP contribution in [0, 0.1) is 5.92 Å². The monoisotopic (exact) mass is 388 g/mol. The van der Waals surface area contributed by atoms with Gasteiger partial charge in [-0.15, -0.1) is 0 Å². The average Bonchev–Trinajstić information content (AvgIpc) is 3.38. The number of aliphatic hydroxyl groups is 3. The Labute approximate surface area is 162 Å². The summed E-state index contributed by atoms with van der Waals surface area (Å²) < 4.78 is 6.11. The third-order valence-corrected chi connectivity index (χ3v) is 8.53. The third-order valence-electron chi connectivity index (χ3n) is 8.53. The number of carbonyl (C=O) groups is 1. The van der Waals surface area contributed by atoms with Gasteiger partial charge in [0, 0.05) is 24.3 Å². The fourth-order valence-electron chi connectivity index (χ4n) is 7.02. The Kier molecular flexibility index (Phi) is 2.90. The lowest BCUT2D eigenvalue weighted by molar-refractivity contribution is -1.01. The highest BCUT2D eigenvalue weighted by molar-refractivity contribution is 5.90. The SMILES string of the molecule is C[N@+]1(CC2CC2)CC[C@]23c4c5ccc(O)c4O[C@H]2C(=O)CC[C@@]3(O)[C@@]1(O)C5O. The lowest BCUT2D eigenvalue weighted by atomic mass is 9.46. The van der Waals surface area contributed by atoms with Crippen molar-refractivity contribution < 1.29 is 34.4 Å². The summed E-state index contributed by atoms with van der Waals surface area (Å²) in [7, 11) is 1.92. The number of phenols is 1. The van der Waals surface area contributed by atoms with Crippen molar-refractivity contribution in [3.8, 4) is 11.5 Å². The van der Waals surface area contributed by atoms with Gasteiger partial charge in [0.05, 0.1) is 25.6 Å². The number of phenolic OH excluding ortho intramolecular Hbond substituents is 1. The van der Waals surface area contributed by atoms with E-state index in [1.807, 2.05) is 7.05 Å². The first-order valence-electron chi connectivity index (χ1n) is 10.2. The van der Waals surface area contributed by atoms with Crippen LogP contribution in [0.1, 0.15) is 49.3 Å². The Bertz CT molecular complexity index is 930. The first-order valence-corrected chi connectivity index (χ1v) is 10.2. The van der Waals surface area contributed by atoms with Crippen molar-refractivity contribution in [3.05, 3.63) is 23.3 Å². The minimum atomic E-state index is -1.85. The Morgan fingerprint density at radius 2 is 2.00 bits per heavy atom. The number of likely N-dealkylation sites (tertiary alicyclic amines) is 1. The van der Waals surface area contributed by atoms with Gasteiger partial charge in [-0.25, -0.2) is 0 Å². The normalized spacial score (nSPS) is 48.2.